The van der Waals surface area contributed by atoms with E-state index in [-0.39, 0.29) is 11.6 Å². The summed E-state index contributed by atoms with van der Waals surface area (Å²) in [4.78, 5) is 25.9. The van der Waals surface area contributed by atoms with Crippen molar-refractivity contribution in [3.8, 4) is 5.75 Å². The standard InChI is InChI=1S/C27H27BrN2O3/c1-3-4-17-33-24-15-9-21(10-16-24)26(31)30-25(18-20-7-11-22(28)12-8-20)27(32)29-23-13-5-19(2)6-14-23/h5-16,18H,3-4,17H2,1-2H3,(H,29,32)(H,30,31)/b25-18-. The fourth-order valence-electron chi connectivity index (χ4n) is 2.95. The first kappa shape index (κ1) is 24.3. The zero-order valence-corrected chi connectivity index (χ0v) is 20.3. The molecule has 0 aliphatic rings. The smallest absolute Gasteiger partial charge is 0.272 e. The predicted molar refractivity (Wildman–Crippen MR) is 136 cm³/mol. The van der Waals surface area contributed by atoms with Gasteiger partial charge in [-0.2, -0.15) is 0 Å². The molecule has 2 N–H and O–H groups in total. The summed E-state index contributed by atoms with van der Waals surface area (Å²) in [6.45, 7) is 4.72. The molecule has 0 aliphatic heterocycles. The third-order valence-electron chi connectivity index (χ3n) is 4.87. The minimum Gasteiger partial charge on any atom is -0.494 e. The van der Waals surface area contributed by atoms with Crippen molar-refractivity contribution in [2.24, 2.45) is 0 Å². The molecule has 3 aromatic rings. The van der Waals surface area contributed by atoms with Crippen molar-refractivity contribution in [3.63, 3.8) is 0 Å². The van der Waals surface area contributed by atoms with E-state index in [1.165, 1.54) is 0 Å². The Kier molecular flexibility index (Phi) is 8.84. The van der Waals surface area contributed by atoms with Crippen molar-refractivity contribution in [2.45, 2.75) is 26.7 Å². The van der Waals surface area contributed by atoms with Gasteiger partial charge in [-0.1, -0.05) is 59.1 Å². The van der Waals surface area contributed by atoms with Gasteiger partial charge in [-0.25, -0.2) is 0 Å². The van der Waals surface area contributed by atoms with Crippen LogP contribution in [-0.4, -0.2) is 18.4 Å². The molecule has 6 heteroatoms. The van der Waals surface area contributed by atoms with Crippen LogP contribution in [0.5, 0.6) is 5.75 Å². The largest absolute Gasteiger partial charge is 0.494 e. The van der Waals surface area contributed by atoms with Crippen LogP contribution >= 0.6 is 15.9 Å². The molecule has 3 aromatic carbocycles. The van der Waals surface area contributed by atoms with Crippen LogP contribution in [-0.2, 0) is 4.79 Å². The number of hydrogen-bond acceptors (Lipinski definition) is 3. The van der Waals surface area contributed by atoms with Gasteiger partial charge in [0.2, 0.25) is 0 Å². The molecular formula is C27H27BrN2O3. The van der Waals surface area contributed by atoms with Crippen molar-refractivity contribution < 1.29 is 14.3 Å². The van der Waals surface area contributed by atoms with Gasteiger partial charge in [0.1, 0.15) is 11.4 Å². The van der Waals surface area contributed by atoms with Gasteiger partial charge in [0.05, 0.1) is 6.61 Å². The Morgan fingerprint density at radius 3 is 2.24 bits per heavy atom. The molecule has 0 aliphatic carbocycles. The minimum absolute atomic E-state index is 0.145. The van der Waals surface area contributed by atoms with Crippen LogP contribution in [0.15, 0.2) is 83.0 Å². The number of benzene rings is 3. The van der Waals surface area contributed by atoms with E-state index < -0.39 is 5.91 Å². The van der Waals surface area contributed by atoms with E-state index >= 15 is 0 Å². The molecule has 0 atom stereocenters. The fourth-order valence-corrected chi connectivity index (χ4v) is 3.22. The molecule has 0 fully saturated rings. The van der Waals surface area contributed by atoms with Crippen molar-refractivity contribution in [2.75, 3.05) is 11.9 Å². The average Bonchev–Trinajstić information content (AvgIpc) is 2.82. The summed E-state index contributed by atoms with van der Waals surface area (Å²) in [5.74, 6) is -0.0742. The summed E-state index contributed by atoms with van der Waals surface area (Å²) in [6.07, 6.45) is 3.68. The molecule has 0 bridgehead atoms. The maximum Gasteiger partial charge on any atom is 0.272 e. The fraction of sp³-hybridized carbons (Fsp3) is 0.185. The second-order valence-electron chi connectivity index (χ2n) is 7.61. The SMILES string of the molecule is CCCCOc1ccc(C(=O)N/C(=C\c2ccc(Br)cc2)C(=O)Nc2ccc(C)cc2)cc1. The quantitative estimate of drug-likeness (QED) is 0.262. The second-order valence-corrected chi connectivity index (χ2v) is 8.53. The van der Waals surface area contributed by atoms with E-state index in [2.05, 4.69) is 33.5 Å². The zero-order chi connectivity index (χ0) is 23.6. The monoisotopic (exact) mass is 506 g/mol. The van der Waals surface area contributed by atoms with Gasteiger partial charge in [-0.05, 0) is 73.5 Å². The lowest BCUT2D eigenvalue weighted by atomic mass is 10.1. The van der Waals surface area contributed by atoms with Crippen molar-refractivity contribution >= 4 is 39.5 Å². The Hall–Kier alpha value is -3.38. The maximum atomic E-state index is 13.0. The van der Waals surface area contributed by atoms with Crippen LogP contribution < -0.4 is 15.4 Å². The molecular weight excluding hydrogens is 480 g/mol. The topological polar surface area (TPSA) is 67.4 Å². The summed E-state index contributed by atoms with van der Waals surface area (Å²) in [5, 5.41) is 5.60. The Balaban J connectivity index is 1.78. The Labute approximate surface area is 203 Å². The molecule has 0 radical (unpaired) electrons. The number of hydrogen-bond donors (Lipinski definition) is 2. The number of amides is 2. The van der Waals surface area contributed by atoms with E-state index in [0.29, 0.717) is 23.6 Å². The molecule has 170 valence electrons. The molecule has 0 spiro atoms. The molecule has 0 unspecified atom stereocenters. The molecule has 0 heterocycles. The van der Waals surface area contributed by atoms with Crippen LogP contribution in [0.4, 0.5) is 5.69 Å². The highest BCUT2D eigenvalue weighted by Crippen LogP contribution is 2.16. The van der Waals surface area contributed by atoms with Crippen molar-refractivity contribution in [3.05, 3.63) is 99.7 Å². The number of carbonyl (C=O) groups is 2. The molecule has 3 rings (SSSR count). The maximum absolute atomic E-state index is 13.0. The number of anilines is 1. The van der Waals surface area contributed by atoms with Gasteiger partial charge >= 0.3 is 0 Å². The number of aryl methyl sites for hydroxylation is 1. The van der Waals surface area contributed by atoms with Gasteiger partial charge < -0.3 is 15.4 Å². The van der Waals surface area contributed by atoms with Crippen molar-refractivity contribution in [1.82, 2.24) is 5.32 Å². The average molecular weight is 507 g/mol. The van der Waals surface area contributed by atoms with Crippen LogP contribution in [0, 0.1) is 6.92 Å². The second kappa shape index (κ2) is 12.0. The van der Waals surface area contributed by atoms with Gasteiger partial charge in [0.15, 0.2) is 0 Å². The summed E-state index contributed by atoms with van der Waals surface area (Å²) < 4.78 is 6.58. The molecule has 0 aromatic heterocycles. The highest BCUT2D eigenvalue weighted by molar-refractivity contribution is 9.10. The number of halogens is 1. The van der Waals surface area contributed by atoms with E-state index in [9.17, 15) is 9.59 Å². The van der Waals surface area contributed by atoms with Crippen LogP contribution in [0.3, 0.4) is 0 Å². The molecule has 2 amide bonds. The highest BCUT2D eigenvalue weighted by Gasteiger charge is 2.15. The minimum atomic E-state index is -0.408. The summed E-state index contributed by atoms with van der Waals surface area (Å²) in [5.41, 5.74) is 3.10. The Morgan fingerprint density at radius 1 is 0.939 bits per heavy atom. The number of nitrogens with one attached hydrogen (secondary N) is 2. The predicted octanol–water partition coefficient (Wildman–Crippen LogP) is 6.35. The third kappa shape index (κ3) is 7.61. The number of rotatable bonds is 9. The molecule has 33 heavy (non-hydrogen) atoms. The lowest BCUT2D eigenvalue weighted by Gasteiger charge is -2.12. The van der Waals surface area contributed by atoms with Crippen LogP contribution in [0.25, 0.3) is 6.08 Å². The van der Waals surface area contributed by atoms with Crippen LogP contribution in [0.2, 0.25) is 0 Å². The molecule has 5 nitrogen and oxygen atoms in total. The van der Waals surface area contributed by atoms with Crippen molar-refractivity contribution in [1.29, 1.82) is 0 Å². The van der Waals surface area contributed by atoms with E-state index in [4.69, 9.17) is 4.74 Å². The van der Waals surface area contributed by atoms with Gasteiger partial charge in [0.25, 0.3) is 11.8 Å². The lowest BCUT2D eigenvalue weighted by molar-refractivity contribution is -0.113. The Morgan fingerprint density at radius 2 is 1.61 bits per heavy atom. The third-order valence-corrected chi connectivity index (χ3v) is 5.40. The first-order valence-corrected chi connectivity index (χ1v) is 11.6. The van der Waals surface area contributed by atoms with E-state index in [1.54, 1.807) is 30.3 Å². The molecule has 0 saturated carbocycles. The Bertz CT molecular complexity index is 1110. The summed E-state index contributed by atoms with van der Waals surface area (Å²) in [7, 11) is 0. The number of ether oxygens (including phenoxy) is 1. The summed E-state index contributed by atoms with van der Waals surface area (Å²) >= 11 is 3.41. The zero-order valence-electron chi connectivity index (χ0n) is 18.7. The normalized spacial score (nSPS) is 11.1. The summed E-state index contributed by atoms with van der Waals surface area (Å²) in [6, 6.07) is 21.8. The van der Waals surface area contributed by atoms with Gasteiger partial charge in [0, 0.05) is 15.7 Å². The first-order valence-electron chi connectivity index (χ1n) is 10.8. The number of unbranched alkanes of at least 4 members (excludes halogenated alkanes) is 1. The lowest BCUT2D eigenvalue weighted by Crippen LogP contribution is -2.30. The van der Waals surface area contributed by atoms with Gasteiger partial charge in [-0.3, -0.25) is 9.59 Å². The first-order chi connectivity index (χ1) is 15.9. The van der Waals surface area contributed by atoms with E-state index in [0.717, 1.165) is 28.4 Å². The highest BCUT2D eigenvalue weighted by atomic mass is 79.9. The number of carbonyl (C=O) groups excluding carboxylic acids is 2. The molecule has 0 saturated heterocycles. The van der Waals surface area contributed by atoms with Crippen LogP contribution in [0.1, 0.15) is 41.3 Å². The van der Waals surface area contributed by atoms with E-state index in [1.807, 2.05) is 55.5 Å². The van der Waals surface area contributed by atoms with Gasteiger partial charge in [-0.15, -0.1) is 0 Å².